The number of carbonyl (C=O) groups is 1. The van der Waals surface area contributed by atoms with Crippen LogP contribution in [0.25, 0.3) is 11.5 Å². The third-order valence-corrected chi connectivity index (χ3v) is 3.67. The van der Waals surface area contributed by atoms with Crippen LogP contribution in [0, 0.1) is 6.92 Å². The lowest BCUT2D eigenvalue weighted by atomic mass is 10.2. The predicted molar refractivity (Wildman–Crippen MR) is 98.0 cm³/mol. The molecule has 27 heavy (non-hydrogen) atoms. The van der Waals surface area contributed by atoms with Gasteiger partial charge in [0.2, 0.25) is 5.89 Å². The predicted octanol–water partition coefficient (Wildman–Crippen LogP) is 2.83. The lowest BCUT2D eigenvalue weighted by molar-refractivity contribution is 0.101. The van der Waals surface area contributed by atoms with Crippen molar-refractivity contribution in [2.75, 3.05) is 18.5 Å². The molecule has 0 saturated carbocycles. The minimum atomic E-state index is -0.380. The van der Waals surface area contributed by atoms with Crippen LogP contribution >= 0.6 is 0 Å². The fraction of sp³-hybridized carbons (Fsp3) is 0.333. The van der Waals surface area contributed by atoms with Gasteiger partial charge >= 0.3 is 6.01 Å². The Kier molecular flexibility index (Phi) is 5.39. The Hall–Kier alpha value is -3.36. The molecule has 0 aliphatic carbocycles. The van der Waals surface area contributed by atoms with E-state index in [1.54, 1.807) is 31.3 Å². The molecule has 9 nitrogen and oxygen atoms in total. The third kappa shape index (κ3) is 4.08. The molecule has 1 amide bonds. The van der Waals surface area contributed by atoms with Crippen LogP contribution in [-0.4, -0.2) is 39.1 Å². The SMILES string of the molecule is CCOc1ccc(-c2nnc(NC(=O)c3cc(C)nn3C)o2)cc1OCC. The first kappa shape index (κ1) is 18.4. The average Bonchev–Trinajstić information content (AvgIpc) is 3.23. The highest BCUT2D eigenvalue weighted by Gasteiger charge is 2.17. The van der Waals surface area contributed by atoms with Crippen molar-refractivity contribution in [2.24, 2.45) is 7.05 Å². The second kappa shape index (κ2) is 7.90. The number of aromatic nitrogens is 4. The van der Waals surface area contributed by atoms with Crippen molar-refractivity contribution in [2.45, 2.75) is 20.8 Å². The van der Waals surface area contributed by atoms with Gasteiger partial charge in [-0.2, -0.15) is 5.10 Å². The van der Waals surface area contributed by atoms with Crippen LogP contribution in [0.4, 0.5) is 6.01 Å². The van der Waals surface area contributed by atoms with E-state index < -0.39 is 0 Å². The summed E-state index contributed by atoms with van der Waals surface area (Å²) in [6, 6.07) is 7.01. The van der Waals surface area contributed by atoms with E-state index in [-0.39, 0.29) is 17.8 Å². The maximum absolute atomic E-state index is 12.3. The molecule has 0 saturated heterocycles. The van der Waals surface area contributed by atoms with Gasteiger partial charge in [-0.1, -0.05) is 5.10 Å². The van der Waals surface area contributed by atoms with Crippen molar-refractivity contribution < 1.29 is 18.7 Å². The number of nitrogens with zero attached hydrogens (tertiary/aromatic N) is 4. The van der Waals surface area contributed by atoms with Crippen LogP contribution < -0.4 is 14.8 Å². The highest BCUT2D eigenvalue weighted by atomic mass is 16.5. The Morgan fingerprint density at radius 2 is 1.89 bits per heavy atom. The fourth-order valence-electron chi connectivity index (χ4n) is 2.56. The van der Waals surface area contributed by atoms with Gasteiger partial charge in [0, 0.05) is 12.6 Å². The van der Waals surface area contributed by atoms with Gasteiger partial charge in [0.05, 0.1) is 18.9 Å². The van der Waals surface area contributed by atoms with Crippen LogP contribution in [0.5, 0.6) is 11.5 Å². The summed E-state index contributed by atoms with van der Waals surface area (Å²) in [5.74, 6) is 1.11. The zero-order chi connectivity index (χ0) is 19.4. The van der Waals surface area contributed by atoms with Crippen LogP contribution in [-0.2, 0) is 7.05 Å². The molecule has 1 aromatic carbocycles. The highest BCUT2D eigenvalue weighted by Crippen LogP contribution is 2.32. The van der Waals surface area contributed by atoms with E-state index in [4.69, 9.17) is 13.9 Å². The molecule has 3 aromatic rings. The quantitative estimate of drug-likeness (QED) is 0.681. The number of carbonyl (C=O) groups excluding carboxylic acids is 1. The first-order chi connectivity index (χ1) is 13.0. The Morgan fingerprint density at radius 1 is 1.15 bits per heavy atom. The molecular weight excluding hydrogens is 350 g/mol. The van der Waals surface area contributed by atoms with Gasteiger partial charge < -0.3 is 13.9 Å². The molecule has 3 rings (SSSR count). The van der Waals surface area contributed by atoms with Gasteiger partial charge in [-0.05, 0) is 45.0 Å². The van der Waals surface area contributed by atoms with Crippen molar-refractivity contribution in [3.8, 4) is 23.0 Å². The topological polar surface area (TPSA) is 104 Å². The molecular formula is C18H21N5O4. The fourth-order valence-corrected chi connectivity index (χ4v) is 2.56. The standard InChI is InChI=1S/C18H21N5O4/c1-5-25-14-8-7-12(10-15(14)26-6-2)17-20-21-18(27-17)19-16(24)13-9-11(3)22-23(13)4/h7-10H,5-6H2,1-4H3,(H,19,21,24). The van der Waals surface area contributed by atoms with Gasteiger partial charge in [0.15, 0.2) is 11.5 Å². The van der Waals surface area contributed by atoms with Crippen molar-refractivity contribution in [1.29, 1.82) is 0 Å². The van der Waals surface area contributed by atoms with E-state index >= 15 is 0 Å². The van der Waals surface area contributed by atoms with Gasteiger partial charge in [0.1, 0.15) is 5.69 Å². The third-order valence-electron chi connectivity index (χ3n) is 3.67. The van der Waals surface area contributed by atoms with E-state index in [1.165, 1.54) is 4.68 Å². The normalized spacial score (nSPS) is 10.7. The van der Waals surface area contributed by atoms with Crippen molar-refractivity contribution in [3.63, 3.8) is 0 Å². The number of rotatable bonds is 7. The molecule has 0 fully saturated rings. The second-order valence-electron chi connectivity index (χ2n) is 5.69. The Morgan fingerprint density at radius 3 is 2.56 bits per heavy atom. The number of anilines is 1. The molecule has 0 aliphatic rings. The molecule has 142 valence electrons. The monoisotopic (exact) mass is 371 g/mol. The van der Waals surface area contributed by atoms with E-state index in [9.17, 15) is 4.79 Å². The Bertz CT molecular complexity index is 947. The molecule has 2 aromatic heterocycles. The van der Waals surface area contributed by atoms with Crippen molar-refractivity contribution in [1.82, 2.24) is 20.0 Å². The molecule has 0 unspecified atom stereocenters. The second-order valence-corrected chi connectivity index (χ2v) is 5.69. The van der Waals surface area contributed by atoms with Gasteiger partial charge in [-0.3, -0.25) is 14.8 Å². The summed E-state index contributed by atoms with van der Waals surface area (Å²) < 4.78 is 18.2. The summed E-state index contributed by atoms with van der Waals surface area (Å²) in [5, 5.41) is 14.6. The van der Waals surface area contributed by atoms with E-state index in [2.05, 4.69) is 20.6 Å². The van der Waals surface area contributed by atoms with E-state index in [0.717, 1.165) is 5.69 Å². The Balaban J connectivity index is 1.80. The molecule has 0 atom stereocenters. The zero-order valence-electron chi connectivity index (χ0n) is 15.6. The first-order valence-electron chi connectivity index (χ1n) is 8.57. The number of benzene rings is 1. The van der Waals surface area contributed by atoms with Crippen LogP contribution in [0.1, 0.15) is 30.0 Å². The van der Waals surface area contributed by atoms with E-state index in [0.29, 0.717) is 36.0 Å². The van der Waals surface area contributed by atoms with Crippen molar-refractivity contribution >= 4 is 11.9 Å². The molecule has 0 aliphatic heterocycles. The summed E-state index contributed by atoms with van der Waals surface area (Å²) in [5.41, 5.74) is 1.80. The maximum atomic E-state index is 12.3. The number of nitrogens with one attached hydrogen (secondary N) is 1. The van der Waals surface area contributed by atoms with Gasteiger partial charge in [-0.25, -0.2) is 0 Å². The molecule has 1 N–H and O–H groups in total. The van der Waals surface area contributed by atoms with Crippen molar-refractivity contribution in [3.05, 3.63) is 35.7 Å². The molecule has 0 bridgehead atoms. The number of aryl methyl sites for hydroxylation is 2. The summed E-state index contributed by atoms with van der Waals surface area (Å²) in [7, 11) is 1.69. The smallest absolute Gasteiger partial charge is 0.322 e. The minimum Gasteiger partial charge on any atom is -0.490 e. The van der Waals surface area contributed by atoms with Gasteiger partial charge in [0.25, 0.3) is 5.91 Å². The molecule has 9 heteroatoms. The minimum absolute atomic E-state index is 0.000646. The van der Waals surface area contributed by atoms with Crippen LogP contribution in [0.2, 0.25) is 0 Å². The number of hydrogen-bond donors (Lipinski definition) is 1. The summed E-state index contributed by atoms with van der Waals surface area (Å²) in [6.45, 7) is 6.63. The highest BCUT2D eigenvalue weighted by molar-refractivity contribution is 6.01. The van der Waals surface area contributed by atoms with Gasteiger partial charge in [-0.15, -0.1) is 5.10 Å². The average molecular weight is 371 g/mol. The zero-order valence-corrected chi connectivity index (χ0v) is 15.6. The lowest BCUT2D eigenvalue weighted by Crippen LogP contribution is -2.16. The van der Waals surface area contributed by atoms with Crippen LogP contribution in [0.15, 0.2) is 28.7 Å². The molecule has 2 heterocycles. The molecule has 0 spiro atoms. The molecule has 0 radical (unpaired) electrons. The summed E-state index contributed by atoms with van der Waals surface area (Å²) in [6.07, 6.45) is 0. The largest absolute Gasteiger partial charge is 0.490 e. The first-order valence-corrected chi connectivity index (χ1v) is 8.57. The Labute approximate surface area is 156 Å². The summed E-state index contributed by atoms with van der Waals surface area (Å²) >= 11 is 0. The van der Waals surface area contributed by atoms with Crippen LogP contribution in [0.3, 0.4) is 0 Å². The maximum Gasteiger partial charge on any atom is 0.322 e. The number of hydrogen-bond acceptors (Lipinski definition) is 7. The summed E-state index contributed by atoms with van der Waals surface area (Å²) in [4.78, 5) is 12.3. The number of ether oxygens (including phenoxy) is 2. The number of amides is 1. The lowest BCUT2D eigenvalue weighted by Gasteiger charge is -2.11. The van der Waals surface area contributed by atoms with E-state index in [1.807, 2.05) is 20.8 Å².